The minimum Gasteiger partial charge on any atom is -0.378 e. The molecule has 8 heteroatoms. The molecule has 3 rings (SSSR count). The number of aryl methyl sites for hydroxylation is 1. The average molecular weight is 393 g/mol. The Morgan fingerprint density at radius 3 is 2.76 bits per heavy atom. The molecule has 3 amide bonds. The highest BCUT2D eigenvalue weighted by atomic mass is 16.5. The fourth-order valence-electron chi connectivity index (χ4n) is 3.04. The summed E-state index contributed by atoms with van der Waals surface area (Å²) in [6.45, 7) is 4.33. The Morgan fingerprint density at radius 1 is 1.24 bits per heavy atom. The van der Waals surface area contributed by atoms with E-state index >= 15 is 0 Å². The Hall–Kier alpha value is -3.44. The number of amides is 3. The quantitative estimate of drug-likeness (QED) is 0.808. The lowest BCUT2D eigenvalue weighted by Gasteiger charge is -2.27. The highest BCUT2D eigenvalue weighted by Gasteiger charge is 2.17. The normalized spacial score (nSPS) is 13.4. The molecular formula is C21H23N5O3. The number of aromatic nitrogens is 1. The number of carbonyl (C=O) groups excluding carboxylic acids is 2. The van der Waals surface area contributed by atoms with Gasteiger partial charge in [0.25, 0.3) is 0 Å². The van der Waals surface area contributed by atoms with E-state index in [0.717, 1.165) is 11.1 Å². The molecule has 8 nitrogen and oxygen atoms in total. The molecule has 2 aromatic rings. The highest BCUT2D eigenvalue weighted by Crippen LogP contribution is 2.16. The van der Waals surface area contributed by atoms with E-state index in [4.69, 9.17) is 4.74 Å². The second kappa shape index (κ2) is 9.66. The maximum absolute atomic E-state index is 12.5. The molecule has 1 aromatic carbocycles. The summed E-state index contributed by atoms with van der Waals surface area (Å²) in [7, 11) is 0. The fraction of sp³-hybridized carbons (Fsp3) is 0.333. The summed E-state index contributed by atoms with van der Waals surface area (Å²) in [5.41, 5.74) is 3.52. The number of urea groups is 1. The van der Waals surface area contributed by atoms with Gasteiger partial charge in [-0.3, -0.25) is 9.78 Å². The van der Waals surface area contributed by atoms with Crippen LogP contribution in [0.3, 0.4) is 0 Å². The largest absolute Gasteiger partial charge is 0.378 e. The number of hydrogen-bond acceptors (Lipinski definition) is 5. The van der Waals surface area contributed by atoms with Crippen LogP contribution < -0.4 is 10.6 Å². The van der Waals surface area contributed by atoms with E-state index < -0.39 is 0 Å². The first kappa shape index (κ1) is 20.3. The van der Waals surface area contributed by atoms with E-state index in [0.29, 0.717) is 43.1 Å². The van der Waals surface area contributed by atoms with Crippen LogP contribution in [0.4, 0.5) is 10.5 Å². The smallest absolute Gasteiger partial charge is 0.317 e. The van der Waals surface area contributed by atoms with Crippen molar-refractivity contribution in [3.63, 3.8) is 0 Å². The summed E-state index contributed by atoms with van der Waals surface area (Å²) in [5, 5.41) is 14.9. The monoisotopic (exact) mass is 393 g/mol. The van der Waals surface area contributed by atoms with Crippen molar-refractivity contribution < 1.29 is 14.3 Å². The van der Waals surface area contributed by atoms with Gasteiger partial charge < -0.3 is 20.3 Å². The molecule has 29 heavy (non-hydrogen) atoms. The number of benzene rings is 1. The highest BCUT2D eigenvalue weighted by molar-refractivity contribution is 5.93. The van der Waals surface area contributed by atoms with Crippen LogP contribution in [0.25, 0.3) is 0 Å². The zero-order chi connectivity index (χ0) is 20.6. The van der Waals surface area contributed by atoms with E-state index in [-0.39, 0.29) is 24.9 Å². The summed E-state index contributed by atoms with van der Waals surface area (Å²) in [4.78, 5) is 30.6. The fourth-order valence-corrected chi connectivity index (χ4v) is 3.04. The number of rotatable bonds is 5. The van der Waals surface area contributed by atoms with E-state index in [1.165, 1.54) is 0 Å². The summed E-state index contributed by atoms with van der Waals surface area (Å²) >= 11 is 0. The Labute approximate surface area is 169 Å². The summed E-state index contributed by atoms with van der Waals surface area (Å²) in [6.07, 6.45) is 3.35. The van der Waals surface area contributed by atoms with Crippen molar-refractivity contribution in [1.82, 2.24) is 15.2 Å². The lowest BCUT2D eigenvalue weighted by Crippen LogP contribution is -2.46. The minimum absolute atomic E-state index is 0.0899. The van der Waals surface area contributed by atoms with Gasteiger partial charge >= 0.3 is 6.03 Å². The third kappa shape index (κ3) is 5.53. The summed E-state index contributed by atoms with van der Waals surface area (Å²) in [5.74, 6) is -0.211. The van der Waals surface area contributed by atoms with E-state index in [1.807, 2.05) is 13.0 Å². The Bertz CT molecular complexity index is 932. The number of morpholine rings is 1. The molecule has 1 aromatic heterocycles. The van der Waals surface area contributed by atoms with Crippen LogP contribution in [0.2, 0.25) is 0 Å². The topological polar surface area (TPSA) is 107 Å². The van der Waals surface area contributed by atoms with Gasteiger partial charge in [-0.25, -0.2) is 4.79 Å². The van der Waals surface area contributed by atoms with Gasteiger partial charge in [-0.15, -0.1) is 0 Å². The Balaban J connectivity index is 1.68. The molecule has 0 radical (unpaired) electrons. The zero-order valence-electron chi connectivity index (χ0n) is 16.3. The van der Waals surface area contributed by atoms with Crippen LogP contribution in [0.5, 0.6) is 0 Å². The van der Waals surface area contributed by atoms with Crippen LogP contribution in [0, 0.1) is 18.3 Å². The summed E-state index contributed by atoms with van der Waals surface area (Å²) in [6, 6.07) is 8.89. The molecule has 0 atom stereocenters. The van der Waals surface area contributed by atoms with Gasteiger partial charge in [0.05, 0.1) is 43.2 Å². The molecule has 0 unspecified atom stereocenters. The van der Waals surface area contributed by atoms with Crippen LogP contribution in [0.15, 0.2) is 36.7 Å². The lowest BCUT2D eigenvalue weighted by molar-refractivity contribution is -0.115. The third-order valence-corrected chi connectivity index (χ3v) is 4.73. The lowest BCUT2D eigenvalue weighted by atomic mass is 10.0. The first-order valence-electron chi connectivity index (χ1n) is 9.39. The average Bonchev–Trinajstić information content (AvgIpc) is 2.74. The number of ether oxygens (including phenoxy) is 1. The molecule has 1 aliphatic rings. The molecule has 1 aliphatic heterocycles. The third-order valence-electron chi connectivity index (χ3n) is 4.73. The minimum atomic E-state index is -0.211. The maximum Gasteiger partial charge on any atom is 0.317 e. The number of hydrogen-bond donors (Lipinski definition) is 2. The first-order chi connectivity index (χ1) is 14.1. The molecule has 2 N–H and O–H groups in total. The molecular weight excluding hydrogens is 370 g/mol. The number of carbonyl (C=O) groups is 2. The summed E-state index contributed by atoms with van der Waals surface area (Å²) < 4.78 is 5.26. The number of nitrogens with one attached hydrogen (secondary N) is 2. The van der Waals surface area contributed by atoms with Gasteiger partial charge in [-0.2, -0.15) is 5.26 Å². The Kier molecular flexibility index (Phi) is 6.76. The number of nitrogens with zero attached hydrogens (tertiary/aromatic N) is 3. The maximum atomic E-state index is 12.5. The van der Waals surface area contributed by atoms with Crippen molar-refractivity contribution in [2.45, 2.75) is 19.9 Å². The molecule has 2 heterocycles. The van der Waals surface area contributed by atoms with Gasteiger partial charge in [0.1, 0.15) is 0 Å². The van der Waals surface area contributed by atoms with Gasteiger partial charge in [0, 0.05) is 25.8 Å². The van der Waals surface area contributed by atoms with Crippen LogP contribution in [-0.4, -0.2) is 48.1 Å². The first-order valence-corrected chi connectivity index (χ1v) is 9.39. The molecule has 1 fully saturated rings. The van der Waals surface area contributed by atoms with Gasteiger partial charge in [0.15, 0.2) is 0 Å². The molecule has 1 saturated heterocycles. The molecule has 0 spiro atoms. The standard InChI is InChI=1S/C21H23N5O3/c1-15-4-5-23-14-19(15)25-20(27)11-18-10-16(12-22)2-3-17(18)13-24-21(28)26-6-8-29-9-7-26/h2-5,10,14H,6-9,11,13H2,1H3,(H,24,28)(H,25,27). The van der Waals surface area contributed by atoms with Crippen molar-refractivity contribution >= 4 is 17.6 Å². The van der Waals surface area contributed by atoms with E-state index in [1.54, 1.807) is 35.5 Å². The predicted octanol–water partition coefficient (Wildman–Crippen LogP) is 1.98. The van der Waals surface area contributed by atoms with Crippen molar-refractivity contribution in [3.05, 3.63) is 58.9 Å². The number of nitriles is 1. The van der Waals surface area contributed by atoms with Crippen LogP contribution in [0.1, 0.15) is 22.3 Å². The zero-order valence-corrected chi connectivity index (χ0v) is 16.3. The van der Waals surface area contributed by atoms with Crippen molar-refractivity contribution in [3.8, 4) is 6.07 Å². The van der Waals surface area contributed by atoms with Crippen molar-refractivity contribution in [1.29, 1.82) is 5.26 Å². The second-order valence-electron chi connectivity index (χ2n) is 6.77. The van der Waals surface area contributed by atoms with Crippen LogP contribution in [-0.2, 0) is 22.5 Å². The van der Waals surface area contributed by atoms with Crippen molar-refractivity contribution in [2.75, 3.05) is 31.6 Å². The number of pyridine rings is 1. The van der Waals surface area contributed by atoms with Gasteiger partial charge in [-0.05, 0) is 41.8 Å². The molecule has 0 saturated carbocycles. The molecule has 0 aliphatic carbocycles. The second-order valence-corrected chi connectivity index (χ2v) is 6.77. The SMILES string of the molecule is Cc1ccncc1NC(=O)Cc1cc(C#N)ccc1CNC(=O)N1CCOCC1. The molecule has 0 bridgehead atoms. The van der Waals surface area contributed by atoms with Crippen molar-refractivity contribution in [2.24, 2.45) is 0 Å². The van der Waals surface area contributed by atoms with E-state index in [2.05, 4.69) is 21.7 Å². The number of anilines is 1. The van der Waals surface area contributed by atoms with Gasteiger partial charge in [0.2, 0.25) is 5.91 Å². The van der Waals surface area contributed by atoms with Gasteiger partial charge in [-0.1, -0.05) is 6.07 Å². The Morgan fingerprint density at radius 2 is 2.03 bits per heavy atom. The van der Waals surface area contributed by atoms with E-state index in [9.17, 15) is 14.9 Å². The molecule has 150 valence electrons. The van der Waals surface area contributed by atoms with Crippen LogP contribution >= 0.6 is 0 Å². The predicted molar refractivity (Wildman–Crippen MR) is 107 cm³/mol.